The van der Waals surface area contributed by atoms with Crippen LogP contribution in [0.2, 0.25) is 0 Å². The smallest absolute Gasteiger partial charge is 0.224 e. The van der Waals surface area contributed by atoms with Crippen molar-refractivity contribution in [3.63, 3.8) is 0 Å². The lowest BCUT2D eigenvalue weighted by atomic mass is 9.81. The number of Topliss-reactive ketones (excluding diaryl/α,β-unsaturated/α-hetero) is 1. The first-order valence-corrected chi connectivity index (χ1v) is 12.3. The molecule has 2 fully saturated rings. The summed E-state index contributed by atoms with van der Waals surface area (Å²) in [6.07, 6.45) is 12.0. The Hall–Kier alpha value is -1.88. The van der Waals surface area contributed by atoms with Crippen molar-refractivity contribution < 1.29 is 9.53 Å². The van der Waals surface area contributed by atoms with Crippen LogP contribution < -0.4 is 4.74 Å². The molecule has 31 heavy (non-hydrogen) atoms. The normalized spacial score (nSPS) is 28.9. The molecule has 0 amide bonds. The van der Waals surface area contributed by atoms with Crippen LogP contribution in [0.1, 0.15) is 76.8 Å². The molecule has 3 aliphatic carbocycles. The second-order valence-electron chi connectivity index (χ2n) is 10.9. The van der Waals surface area contributed by atoms with Crippen molar-refractivity contribution in [2.75, 3.05) is 13.1 Å². The van der Waals surface area contributed by atoms with E-state index in [1.807, 2.05) is 0 Å². The predicted octanol–water partition coefficient (Wildman–Crippen LogP) is 5.02. The van der Waals surface area contributed by atoms with E-state index in [1.54, 1.807) is 13.3 Å². The number of carbonyl (C=O) groups excluding carboxylic acids is 1. The Balaban J connectivity index is 1.26. The summed E-state index contributed by atoms with van der Waals surface area (Å²) in [5, 5.41) is 0. The Kier molecular flexibility index (Phi) is 5.58. The zero-order chi connectivity index (χ0) is 21.6. The number of ketones is 1. The van der Waals surface area contributed by atoms with Crippen molar-refractivity contribution in [3.05, 3.63) is 23.5 Å². The molecular formula is C26H37N3O2. The lowest BCUT2D eigenvalue weighted by Crippen LogP contribution is -2.46. The SMILES string of the molecule is CC(=O)[C@H]1CCc2cc3[nH]cnc(OC4CCC(N5CCC(C)(C)CC5)CC4)c-3c2C1. The minimum absolute atomic E-state index is 0.135. The van der Waals surface area contributed by atoms with E-state index in [4.69, 9.17) is 4.74 Å². The number of aromatic amines is 1. The van der Waals surface area contributed by atoms with Gasteiger partial charge in [-0.15, -0.1) is 0 Å². The lowest BCUT2D eigenvalue weighted by Gasteiger charge is -2.43. The molecule has 0 aromatic carbocycles. The summed E-state index contributed by atoms with van der Waals surface area (Å²) in [4.78, 5) is 22.6. The lowest BCUT2D eigenvalue weighted by molar-refractivity contribution is -0.121. The van der Waals surface area contributed by atoms with Crippen LogP contribution in [0.3, 0.4) is 0 Å². The number of ether oxygens (including phenoxy) is 1. The molecule has 1 saturated heterocycles. The maximum absolute atomic E-state index is 12.0. The summed E-state index contributed by atoms with van der Waals surface area (Å²) in [6.45, 7) is 9.03. The molecule has 1 N–H and O–H groups in total. The van der Waals surface area contributed by atoms with Crippen LogP contribution in [0.15, 0.2) is 12.4 Å². The second-order valence-corrected chi connectivity index (χ2v) is 10.9. The number of nitrogens with one attached hydrogen (secondary N) is 1. The standard InChI is InChI=1S/C26H37N3O2/c1-17(30)18-4-5-19-15-23-24(22(19)14-18)25(28-16-27-23)31-21-8-6-20(7-9-21)29-12-10-26(2,3)11-13-29/h15-16,18,20-21H,4-14H2,1-3H3,(H,27,28)/t18-,20?,21?/m0/s1. The Morgan fingerprint density at radius 1 is 1.16 bits per heavy atom. The minimum Gasteiger partial charge on any atom is -0.474 e. The van der Waals surface area contributed by atoms with Gasteiger partial charge >= 0.3 is 0 Å². The van der Waals surface area contributed by atoms with Crippen molar-refractivity contribution in [2.45, 2.75) is 90.7 Å². The third-order valence-corrected chi connectivity index (χ3v) is 8.27. The number of aryl methyl sites for hydroxylation is 1. The first-order chi connectivity index (χ1) is 14.9. The molecule has 0 spiro atoms. The number of hydrogen-bond acceptors (Lipinski definition) is 4. The molecule has 5 rings (SSSR count). The summed E-state index contributed by atoms with van der Waals surface area (Å²) in [7, 11) is 0. The number of carbonyl (C=O) groups is 1. The van der Waals surface area contributed by atoms with Gasteiger partial charge in [0.05, 0.1) is 17.6 Å². The molecule has 0 unspecified atom stereocenters. The number of piperidine rings is 1. The van der Waals surface area contributed by atoms with Gasteiger partial charge in [-0.3, -0.25) is 4.79 Å². The first-order valence-electron chi connectivity index (χ1n) is 12.3. The summed E-state index contributed by atoms with van der Waals surface area (Å²) >= 11 is 0. The van der Waals surface area contributed by atoms with Gasteiger partial charge in [-0.1, -0.05) is 13.8 Å². The van der Waals surface area contributed by atoms with Crippen molar-refractivity contribution in [1.82, 2.24) is 14.9 Å². The zero-order valence-corrected chi connectivity index (χ0v) is 19.4. The Morgan fingerprint density at radius 2 is 1.90 bits per heavy atom. The van der Waals surface area contributed by atoms with Crippen LogP contribution in [-0.2, 0) is 17.6 Å². The van der Waals surface area contributed by atoms with Crippen LogP contribution in [0.25, 0.3) is 11.3 Å². The number of hydrogen-bond donors (Lipinski definition) is 1. The average molecular weight is 424 g/mol. The molecular weight excluding hydrogens is 386 g/mol. The number of rotatable bonds is 4. The molecule has 1 saturated carbocycles. The molecule has 0 bridgehead atoms. The van der Waals surface area contributed by atoms with Crippen LogP contribution >= 0.6 is 0 Å². The topological polar surface area (TPSA) is 58.2 Å². The van der Waals surface area contributed by atoms with Crippen molar-refractivity contribution in [2.24, 2.45) is 11.3 Å². The summed E-state index contributed by atoms with van der Waals surface area (Å²) in [6, 6.07) is 2.96. The van der Waals surface area contributed by atoms with Gasteiger partial charge in [-0.25, -0.2) is 4.98 Å². The molecule has 5 nitrogen and oxygen atoms in total. The molecule has 5 heteroatoms. The van der Waals surface area contributed by atoms with E-state index in [0.29, 0.717) is 11.2 Å². The molecule has 168 valence electrons. The van der Waals surface area contributed by atoms with Crippen LogP contribution in [0, 0.1) is 11.3 Å². The van der Waals surface area contributed by atoms with Gasteiger partial charge in [0.15, 0.2) is 0 Å². The van der Waals surface area contributed by atoms with Crippen LogP contribution in [0.5, 0.6) is 5.88 Å². The van der Waals surface area contributed by atoms with Gasteiger partial charge in [-0.05, 0) is 100 Å². The quantitative estimate of drug-likeness (QED) is 0.750. The summed E-state index contributed by atoms with van der Waals surface area (Å²) < 4.78 is 6.52. The number of H-pyrrole nitrogens is 1. The van der Waals surface area contributed by atoms with Crippen molar-refractivity contribution in [3.8, 4) is 17.1 Å². The van der Waals surface area contributed by atoms with Gasteiger partial charge in [0, 0.05) is 12.0 Å². The van der Waals surface area contributed by atoms with Gasteiger partial charge in [-0.2, -0.15) is 0 Å². The Bertz CT molecular complexity index is 899. The summed E-state index contributed by atoms with van der Waals surface area (Å²) in [5.74, 6) is 1.20. The fraction of sp³-hybridized carbons (Fsp3) is 0.692. The molecule has 2 aliphatic heterocycles. The van der Waals surface area contributed by atoms with Gasteiger partial charge < -0.3 is 14.6 Å². The molecule has 1 atom stereocenters. The molecule has 2 heterocycles. The van der Waals surface area contributed by atoms with Gasteiger partial charge in [0.25, 0.3) is 0 Å². The van der Waals surface area contributed by atoms with Crippen molar-refractivity contribution in [1.29, 1.82) is 0 Å². The Labute approximate surface area is 186 Å². The maximum atomic E-state index is 12.0. The van der Waals surface area contributed by atoms with E-state index >= 15 is 0 Å². The van der Waals surface area contributed by atoms with E-state index < -0.39 is 0 Å². The largest absolute Gasteiger partial charge is 0.474 e. The van der Waals surface area contributed by atoms with Crippen LogP contribution in [0.4, 0.5) is 0 Å². The van der Waals surface area contributed by atoms with E-state index in [0.717, 1.165) is 55.3 Å². The van der Waals surface area contributed by atoms with Gasteiger partial charge in [0.1, 0.15) is 11.9 Å². The third kappa shape index (κ3) is 4.26. The van der Waals surface area contributed by atoms with Gasteiger partial charge in [0.2, 0.25) is 5.88 Å². The highest BCUT2D eigenvalue weighted by atomic mass is 16.5. The molecule has 0 aromatic rings. The number of likely N-dealkylation sites (tertiary alicyclic amines) is 1. The van der Waals surface area contributed by atoms with E-state index in [9.17, 15) is 4.79 Å². The first kappa shape index (κ1) is 21.0. The average Bonchev–Trinajstić information content (AvgIpc) is 3.13. The minimum atomic E-state index is 0.135. The third-order valence-electron chi connectivity index (χ3n) is 8.27. The number of fused-ring (bicyclic) bond motifs is 3. The summed E-state index contributed by atoms with van der Waals surface area (Å²) in [5.41, 5.74) is 5.37. The van der Waals surface area contributed by atoms with E-state index in [1.165, 1.54) is 49.9 Å². The number of aromatic nitrogens is 2. The monoisotopic (exact) mass is 423 g/mol. The van der Waals surface area contributed by atoms with Crippen LogP contribution in [-0.4, -0.2) is 45.9 Å². The van der Waals surface area contributed by atoms with E-state index in [2.05, 4.69) is 34.8 Å². The predicted molar refractivity (Wildman–Crippen MR) is 123 cm³/mol. The maximum Gasteiger partial charge on any atom is 0.224 e. The highest BCUT2D eigenvalue weighted by Crippen LogP contribution is 2.42. The second kappa shape index (κ2) is 8.23. The van der Waals surface area contributed by atoms with E-state index in [-0.39, 0.29) is 12.0 Å². The Morgan fingerprint density at radius 3 is 2.61 bits per heavy atom. The highest BCUT2D eigenvalue weighted by Gasteiger charge is 2.34. The highest BCUT2D eigenvalue weighted by molar-refractivity contribution is 5.81. The zero-order valence-electron chi connectivity index (χ0n) is 19.4. The molecule has 5 aliphatic rings. The number of nitrogens with zero attached hydrogens (tertiary/aromatic N) is 2. The molecule has 0 radical (unpaired) electrons. The fourth-order valence-corrected chi connectivity index (χ4v) is 5.99. The molecule has 0 aromatic heterocycles. The van der Waals surface area contributed by atoms with Crippen molar-refractivity contribution >= 4 is 5.78 Å². The fourth-order valence-electron chi connectivity index (χ4n) is 5.99.